The van der Waals surface area contributed by atoms with Crippen molar-refractivity contribution in [2.75, 3.05) is 7.11 Å². The molecule has 0 aromatic heterocycles. The summed E-state index contributed by atoms with van der Waals surface area (Å²) in [5.74, 6) is 1.33. The molecule has 0 aliphatic heterocycles. The topological polar surface area (TPSA) is 70.9 Å². The monoisotopic (exact) mass is 304 g/mol. The second kappa shape index (κ2) is 7.82. The van der Waals surface area contributed by atoms with Gasteiger partial charge in [-0.15, -0.1) is 0 Å². The number of ether oxygens (including phenoxy) is 1. The fourth-order valence-electron chi connectivity index (χ4n) is 2.56. The third-order valence-corrected chi connectivity index (χ3v) is 4.05. The van der Waals surface area contributed by atoms with Crippen molar-refractivity contribution in [2.24, 2.45) is 16.9 Å². The van der Waals surface area contributed by atoms with Crippen LogP contribution >= 0.6 is 0 Å². The molecule has 2 atom stereocenters. The summed E-state index contributed by atoms with van der Waals surface area (Å²) >= 11 is 0. The number of hydrogen-bond donors (Lipinski definition) is 2. The third-order valence-electron chi connectivity index (χ3n) is 4.05. The molecule has 120 valence electrons. The fourth-order valence-corrected chi connectivity index (χ4v) is 2.56. The average Bonchev–Trinajstić information content (AvgIpc) is 3.29. The van der Waals surface area contributed by atoms with Crippen LogP contribution in [0.25, 0.3) is 0 Å². The lowest BCUT2D eigenvalue weighted by atomic mass is 10.1. The molecule has 1 saturated carbocycles. The van der Waals surface area contributed by atoms with Crippen LogP contribution in [0.3, 0.4) is 0 Å². The molecule has 1 fully saturated rings. The van der Waals surface area contributed by atoms with E-state index in [-0.39, 0.29) is 17.6 Å². The SMILES string of the molecule is CCCCC[C@@H]1C[C@@H]1C(=O)N/N=C/c1cc(OC)ccc1O. The highest BCUT2D eigenvalue weighted by Gasteiger charge is 2.42. The first-order valence-electron chi connectivity index (χ1n) is 7.85. The van der Waals surface area contributed by atoms with E-state index < -0.39 is 0 Å². The van der Waals surface area contributed by atoms with Crippen LogP contribution in [0.5, 0.6) is 11.5 Å². The van der Waals surface area contributed by atoms with E-state index in [0.29, 0.717) is 17.2 Å². The van der Waals surface area contributed by atoms with Crippen LogP contribution < -0.4 is 10.2 Å². The average molecular weight is 304 g/mol. The molecule has 22 heavy (non-hydrogen) atoms. The summed E-state index contributed by atoms with van der Waals surface area (Å²) in [6.45, 7) is 2.18. The molecule has 5 heteroatoms. The van der Waals surface area contributed by atoms with Crippen molar-refractivity contribution in [3.8, 4) is 11.5 Å². The molecule has 5 nitrogen and oxygen atoms in total. The molecule has 1 aromatic carbocycles. The van der Waals surface area contributed by atoms with Crippen molar-refractivity contribution in [2.45, 2.75) is 39.0 Å². The zero-order valence-electron chi connectivity index (χ0n) is 13.2. The molecule has 0 unspecified atom stereocenters. The summed E-state index contributed by atoms with van der Waals surface area (Å²) in [5, 5.41) is 13.7. The number of phenolic OH excluding ortho intramolecular Hbond substituents is 1. The van der Waals surface area contributed by atoms with Gasteiger partial charge in [-0.2, -0.15) is 5.10 Å². The van der Waals surface area contributed by atoms with E-state index in [9.17, 15) is 9.90 Å². The Bertz CT molecular complexity index is 543. The van der Waals surface area contributed by atoms with E-state index in [1.807, 2.05) is 0 Å². The Balaban J connectivity index is 1.79. The molecule has 0 radical (unpaired) electrons. The van der Waals surface area contributed by atoms with Gasteiger partial charge in [0.15, 0.2) is 0 Å². The number of nitrogens with zero attached hydrogens (tertiary/aromatic N) is 1. The van der Waals surface area contributed by atoms with Crippen LogP contribution in [0, 0.1) is 11.8 Å². The maximum atomic E-state index is 11.9. The molecule has 2 N–H and O–H groups in total. The molecule has 2 rings (SSSR count). The van der Waals surface area contributed by atoms with Gasteiger partial charge in [-0.25, -0.2) is 5.43 Å². The maximum Gasteiger partial charge on any atom is 0.243 e. The van der Waals surface area contributed by atoms with Gasteiger partial charge in [-0.1, -0.05) is 26.2 Å². The first-order valence-corrected chi connectivity index (χ1v) is 7.85. The minimum absolute atomic E-state index is 0.0277. The standard InChI is InChI=1S/C17H24N2O3/c1-3-4-5-6-12-10-15(12)17(21)19-18-11-13-9-14(22-2)7-8-16(13)20/h7-9,11-12,15,20H,3-6,10H2,1-2H3,(H,19,21)/b18-11+/t12-,15+/m1/s1. The normalized spacial score (nSPS) is 20.1. The van der Waals surface area contributed by atoms with Crippen LogP contribution in [0.15, 0.2) is 23.3 Å². The van der Waals surface area contributed by atoms with Crippen molar-refractivity contribution < 1.29 is 14.6 Å². The highest BCUT2D eigenvalue weighted by molar-refractivity contribution is 5.86. The predicted octanol–water partition coefficient (Wildman–Crippen LogP) is 3.07. The first kappa shape index (κ1) is 16.3. The van der Waals surface area contributed by atoms with Crippen molar-refractivity contribution in [1.29, 1.82) is 0 Å². The first-order chi connectivity index (χ1) is 10.7. The minimum atomic E-state index is -0.0277. The van der Waals surface area contributed by atoms with Crippen LogP contribution in [-0.4, -0.2) is 24.3 Å². The molecular weight excluding hydrogens is 280 g/mol. The summed E-state index contributed by atoms with van der Waals surface area (Å²) in [6, 6.07) is 4.86. The second-order valence-electron chi connectivity index (χ2n) is 5.76. The molecule has 0 spiro atoms. The summed E-state index contributed by atoms with van der Waals surface area (Å²) in [7, 11) is 1.56. The van der Waals surface area contributed by atoms with E-state index in [2.05, 4.69) is 17.5 Å². The number of carbonyl (C=O) groups excluding carboxylic acids is 1. The maximum absolute atomic E-state index is 11.9. The van der Waals surface area contributed by atoms with E-state index in [1.54, 1.807) is 19.2 Å². The number of methoxy groups -OCH3 is 1. The van der Waals surface area contributed by atoms with Gasteiger partial charge >= 0.3 is 0 Å². The van der Waals surface area contributed by atoms with Crippen molar-refractivity contribution in [1.82, 2.24) is 5.43 Å². The smallest absolute Gasteiger partial charge is 0.243 e. The number of nitrogens with one attached hydrogen (secondary N) is 1. The molecule has 1 aliphatic rings. The number of benzene rings is 1. The van der Waals surface area contributed by atoms with Gasteiger partial charge in [0.25, 0.3) is 0 Å². The number of hydrogen-bond acceptors (Lipinski definition) is 4. The second-order valence-corrected chi connectivity index (χ2v) is 5.76. The Morgan fingerprint density at radius 1 is 1.50 bits per heavy atom. The van der Waals surface area contributed by atoms with Gasteiger partial charge in [0.1, 0.15) is 11.5 Å². The molecule has 1 amide bonds. The van der Waals surface area contributed by atoms with Gasteiger partial charge in [-0.05, 0) is 37.0 Å². The number of unbranched alkanes of at least 4 members (excludes halogenated alkanes) is 2. The zero-order valence-corrected chi connectivity index (χ0v) is 13.2. The Morgan fingerprint density at radius 3 is 3.05 bits per heavy atom. The third kappa shape index (κ3) is 4.48. The van der Waals surface area contributed by atoms with Gasteiger partial charge in [0.2, 0.25) is 5.91 Å². The van der Waals surface area contributed by atoms with Crippen LogP contribution in [-0.2, 0) is 4.79 Å². The summed E-state index contributed by atoms with van der Waals surface area (Å²) in [5.41, 5.74) is 3.07. The summed E-state index contributed by atoms with van der Waals surface area (Å²) in [4.78, 5) is 11.9. The Kier molecular flexibility index (Phi) is 5.81. The molecule has 1 aromatic rings. The largest absolute Gasteiger partial charge is 0.507 e. The highest BCUT2D eigenvalue weighted by Crippen LogP contribution is 2.42. The van der Waals surface area contributed by atoms with Crippen LogP contribution in [0.4, 0.5) is 0 Å². The summed E-state index contributed by atoms with van der Waals surface area (Å²) < 4.78 is 5.09. The molecule has 0 saturated heterocycles. The molecular formula is C17H24N2O3. The molecule has 0 heterocycles. The van der Waals surface area contributed by atoms with Gasteiger partial charge in [-0.3, -0.25) is 4.79 Å². The number of amides is 1. The Hall–Kier alpha value is -2.04. The van der Waals surface area contributed by atoms with Gasteiger partial charge in [0.05, 0.1) is 13.3 Å². The quantitative estimate of drug-likeness (QED) is 0.440. The number of hydrazone groups is 1. The van der Waals surface area contributed by atoms with E-state index in [1.165, 1.54) is 31.5 Å². The highest BCUT2D eigenvalue weighted by atomic mass is 16.5. The molecule has 1 aliphatic carbocycles. The van der Waals surface area contributed by atoms with Crippen molar-refractivity contribution >= 4 is 12.1 Å². The minimum Gasteiger partial charge on any atom is -0.507 e. The van der Waals surface area contributed by atoms with Crippen LogP contribution in [0.2, 0.25) is 0 Å². The van der Waals surface area contributed by atoms with Crippen molar-refractivity contribution in [3.63, 3.8) is 0 Å². The van der Waals surface area contributed by atoms with Gasteiger partial charge < -0.3 is 9.84 Å². The Labute approximate surface area is 131 Å². The lowest BCUT2D eigenvalue weighted by Gasteiger charge is -2.03. The lowest BCUT2D eigenvalue weighted by Crippen LogP contribution is -2.20. The number of rotatable bonds is 8. The number of phenols is 1. The van der Waals surface area contributed by atoms with Crippen molar-refractivity contribution in [3.05, 3.63) is 23.8 Å². The zero-order chi connectivity index (χ0) is 15.9. The van der Waals surface area contributed by atoms with E-state index in [0.717, 1.165) is 12.8 Å². The lowest BCUT2D eigenvalue weighted by molar-refractivity contribution is -0.122. The van der Waals surface area contributed by atoms with E-state index >= 15 is 0 Å². The fraction of sp³-hybridized carbons (Fsp3) is 0.529. The predicted molar refractivity (Wildman–Crippen MR) is 86.1 cm³/mol. The van der Waals surface area contributed by atoms with Crippen LogP contribution in [0.1, 0.15) is 44.6 Å². The number of aromatic hydroxyl groups is 1. The Morgan fingerprint density at radius 2 is 2.32 bits per heavy atom. The molecule has 0 bridgehead atoms. The number of carbonyl (C=O) groups is 1. The summed E-state index contributed by atoms with van der Waals surface area (Å²) in [6.07, 6.45) is 7.17. The van der Waals surface area contributed by atoms with E-state index in [4.69, 9.17) is 4.74 Å². The van der Waals surface area contributed by atoms with Gasteiger partial charge in [0, 0.05) is 11.5 Å².